The summed E-state index contributed by atoms with van der Waals surface area (Å²) in [5, 5.41) is 6.90. The number of morpholine rings is 1. The minimum absolute atomic E-state index is 0.593. The number of nitrogens with one attached hydrogen (secondary N) is 2. The lowest BCUT2D eigenvalue weighted by atomic mass is 10.1. The van der Waals surface area contributed by atoms with Gasteiger partial charge < -0.3 is 20.1 Å². The lowest BCUT2D eigenvalue weighted by Gasteiger charge is -2.26. The molecule has 0 amide bonds. The van der Waals surface area contributed by atoms with Gasteiger partial charge in [-0.05, 0) is 36.2 Å². The second-order valence-corrected chi connectivity index (χ2v) is 8.42. The summed E-state index contributed by atoms with van der Waals surface area (Å²) in [7, 11) is 1.68. The Bertz CT molecular complexity index is 1220. The van der Waals surface area contributed by atoms with Crippen molar-refractivity contribution >= 4 is 22.9 Å². The van der Waals surface area contributed by atoms with Crippen molar-refractivity contribution in [1.29, 1.82) is 0 Å². The van der Waals surface area contributed by atoms with Crippen LogP contribution in [0, 0.1) is 0 Å². The van der Waals surface area contributed by atoms with E-state index >= 15 is 0 Å². The van der Waals surface area contributed by atoms with Crippen molar-refractivity contribution in [3.8, 4) is 11.4 Å². The summed E-state index contributed by atoms with van der Waals surface area (Å²) in [6.07, 6.45) is 2.66. The smallest absolute Gasteiger partial charge is 0.226 e. The number of methoxy groups -OCH3 is 1. The van der Waals surface area contributed by atoms with Crippen molar-refractivity contribution in [1.82, 2.24) is 24.4 Å². The number of anilines is 2. The van der Waals surface area contributed by atoms with E-state index in [1.54, 1.807) is 13.4 Å². The number of ether oxygens (including phenoxy) is 2. The number of fused-ring (bicyclic) bond motifs is 1. The molecule has 0 radical (unpaired) electrons. The topological polar surface area (TPSA) is 89.4 Å². The zero-order valence-corrected chi connectivity index (χ0v) is 20.0. The first-order chi connectivity index (χ1) is 17.3. The third-order valence-electron chi connectivity index (χ3n) is 6.11. The minimum Gasteiger partial charge on any atom is -0.497 e. The molecule has 0 atom stereocenters. The maximum absolute atomic E-state index is 5.44. The molecule has 0 bridgehead atoms. The fourth-order valence-electron chi connectivity index (χ4n) is 4.15. The lowest BCUT2D eigenvalue weighted by Crippen LogP contribution is -2.39. The van der Waals surface area contributed by atoms with Crippen LogP contribution in [-0.4, -0.2) is 77.5 Å². The third-order valence-corrected chi connectivity index (χ3v) is 6.11. The Morgan fingerprint density at radius 3 is 2.51 bits per heavy atom. The Morgan fingerprint density at radius 1 is 0.943 bits per heavy atom. The van der Waals surface area contributed by atoms with Gasteiger partial charge >= 0.3 is 0 Å². The Hall–Kier alpha value is -3.69. The summed E-state index contributed by atoms with van der Waals surface area (Å²) in [6.45, 7) is 5.91. The molecule has 2 aromatic heterocycles. The second-order valence-electron chi connectivity index (χ2n) is 8.42. The average Bonchev–Trinajstić information content (AvgIpc) is 3.34. The van der Waals surface area contributed by atoms with Crippen molar-refractivity contribution in [3.63, 3.8) is 0 Å². The van der Waals surface area contributed by atoms with E-state index in [1.165, 1.54) is 5.56 Å². The number of benzene rings is 2. The molecule has 2 aromatic carbocycles. The predicted molar refractivity (Wildman–Crippen MR) is 138 cm³/mol. The molecule has 5 rings (SSSR count). The van der Waals surface area contributed by atoms with Crippen LogP contribution < -0.4 is 15.4 Å². The van der Waals surface area contributed by atoms with Gasteiger partial charge in [0.05, 0.1) is 20.3 Å². The van der Waals surface area contributed by atoms with Crippen LogP contribution in [0.15, 0.2) is 60.9 Å². The first-order valence-corrected chi connectivity index (χ1v) is 12.0. The summed E-state index contributed by atoms with van der Waals surface area (Å²) in [6, 6.07) is 18.2. The molecule has 35 heavy (non-hydrogen) atoms. The van der Waals surface area contributed by atoms with E-state index in [0.29, 0.717) is 5.95 Å². The Labute approximate surface area is 205 Å². The van der Waals surface area contributed by atoms with Crippen molar-refractivity contribution in [3.05, 3.63) is 66.5 Å². The average molecular weight is 474 g/mol. The van der Waals surface area contributed by atoms with Gasteiger partial charge in [-0.1, -0.05) is 30.3 Å². The molecule has 182 valence electrons. The fourth-order valence-corrected chi connectivity index (χ4v) is 4.15. The monoisotopic (exact) mass is 473 g/mol. The third kappa shape index (κ3) is 5.70. The van der Waals surface area contributed by atoms with E-state index in [0.717, 1.165) is 80.8 Å². The Kier molecular flexibility index (Phi) is 7.35. The normalized spacial score (nSPS) is 14.2. The molecular formula is C26H31N7O2. The molecule has 9 nitrogen and oxygen atoms in total. The number of hydrogen-bond acceptors (Lipinski definition) is 8. The van der Waals surface area contributed by atoms with Crippen molar-refractivity contribution in [2.24, 2.45) is 0 Å². The summed E-state index contributed by atoms with van der Waals surface area (Å²) in [5.41, 5.74) is 3.76. The largest absolute Gasteiger partial charge is 0.497 e. The zero-order valence-electron chi connectivity index (χ0n) is 20.0. The summed E-state index contributed by atoms with van der Waals surface area (Å²) in [5.74, 6) is 2.18. The number of rotatable bonds is 10. The molecule has 9 heteroatoms. The van der Waals surface area contributed by atoms with Gasteiger partial charge in [0.25, 0.3) is 0 Å². The van der Waals surface area contributed by atoms with Gasteiger partial charge in [-0.3, -0.25) is 9.47 Å². The Balaban J connectivity index is 1.34. The summed E-state index contributed by atoms with van der Waals surface area (Å²) in [4.78, 5) is 16.6. The Morgan fingerprint density at radius 2 is 1.74 bits per heavy atom. The van der Waals surface area contributed by atoms with Gasteiger partial charge in [0.1, 0.15) is 12.1 Å². The van der Waals surface area contributed by atoms with E-state index < -0.39 is 0 Å². The highest BCUT2D eigenvalue weighted by Gasteiger charge is 2.15. The van der Waals surface area contributed by atoms with Gasteiger partial charge in [0, 0.05) is 38.4 Å². The molecule has 2 N–H and O–H groups in total. The van der Waals surface area contributed by atoms with Crippen molar-refractivity contribution in [2.45, 2.75) is 6.42 Å². The number of imidazole rings is 1. The summed E-state index contributed by atoms with van der Waals surface area (Å²) >= 11 is 0. The molecule has 1 fully saturated rings. The van der Waals surface area contributed by atoms with E-state index in [2.05, 4.69) is 32.7 Å². The van der Waals surface area contributed by atoms with E-state index in [1.807, 2.05) is 47.0 Å². The molecule has 0 unspecified atom stereocenters. The highest BCUT2D eigenvalue weighted by Crippen LogP contribution is 2.24. The molecule has 0 spiro atoms. The highest BCUT2D eigenvalue weighted by atomic mass is 16.5. The maximum atomic E-state index is 5.44. The zero-order chi connectivity index (χ0) is 23.9. The molecule has 0 saturated carbocycles. The molecule has 4 aromatic rings. The molecule has 1 saturated heterocycles. The maximum Gasteiger partial charge on any atom is 0.226 e. The standard InChI is InChI=1S/C26H31N7O2/c1-34-22-9-7-20(8-10-22)11-12-27-24-23-25(33(19-29-23)21-5-3-2-4-6-21)31-26(30-24)28-13-14-32-15-17-35-18-16-32/h2-10,19H,11-18H2,1H3,(H2,27,28,30,31). The minimum atomic E-state index is 0.593. The van der Waals surface area contributed by atoms with Crippen molar-refractivity contribution < 1.29 is 9.47 Å². The van der Waals surface area contributed by atoms with Gasteiger partial charge in [-0.15, -0.1) is 0 Å². The number of aromatic nitrogens is 4. The van der Waals surface area contributed by atoms with E-state index in [-0.39, 0.29) is 0 Å². The summed E-state index contributed by atoms with van der Waals surface area (Å²) < 4.78 is 12.7. The molecule has 3 heterocycles. The molecule has 1 aliphatic rings. The van der Waals surface area contributed by atoms with Crippen LogP contribution in [-0.2, 0) is 11.2 Å². The van der Waals surface area contributed by atoms with Gasteiger partial charge in [-0.2, -0.15) is 9.97 Å². The van der Waals surface area contributed by atoms with Gasteiger partial charge in [0.2, 0.25) is 5.95 Å². The van der Waals surface area contributed by atoms with Crippen LogP contribution in [0.1, 0.15) is 5.56 Å². The first kappa shape index (κ1) is 23.1. The fraction of sp³-hybridized carbons (Fsp3) is 0.346. The molecule has 1 aliphatic heterocycles. The van der Waals surface area contributed by atoms with Gasteiger partial charge in [0.15, 0.2) is 17.0 Å². The SMILES string of the molecule is COc1ccc(CCNc2nc(NCCN3CCOCC3)nc3c2ncn3-c2ccccc2)cc1. The van der Waals surface area contributed by atoms with Crippen LogP contribution in [0.4, 0.5) is 11.8 Å². The highest BCUT2D eigenvalue weighted by molar-refractivity contribution is 5.85. The lowest BCUT2D eigenvalue weighted by molar-refractivity contribution is 0.0398. The number of nitrogens with zero attached hydrogens (tertiary/aromatic N) is 5. The van der Waals surface area contributed by atoms with Crippen molar-refractivity contribution in [2.75, 3.05) is 63.7 Å². The van der Waals surface area contributed by atoms with E-state index in [9.17, 15) is 0 Å². The second kappa shape index (κ2) is 11.2. The van der Waals surface area contributed by atoms with Crippen LogP contribution in [0.3, 0.4) is 0 Å². The first-order valence-electron chi connectivity index (χ1n) is 12.0. The predicted octanol–water partition coefficient (Wildman–Crippen LogP) is 3.22. The van der Waals surface area contributed by atoms with Crippen LogP contribution in [0.2, 0.25) is 0 Å². The van der Waals surface area contributed by atoms with Crippen LogP contribution in [0.5, 0.6) is 5.75 Å². The van der Waals surface area contributed by atoms with Crippen LogP contribution >= 0.6 is 0 Å². The quantitative estimate of drug-likeness (QED) is 0.363. The number of para-hydroxylation sites is 1. The number of hydrogen-bond donors (Lipinski definition) is 2. The molecule has 0 aliphatic carbocycles. The van der Waals surface area contributed by atoms with Gasteiger partial charge in [-0.25, -0.2) is 4.98 Å². The van der Waals surface area contributed by atoms with Crippen LogP contribution in [0.25, 0.3) is 16.9 Å². The van der Waals surface area contributed by atoms with E-state index in [4.69, 9.17) is 19.4 Å². The molecular weight excluding hydrogens is 442 g/mol.